The summed E-state index contributed by atoms with van der Waals surface area (Å²) in [5.41, 5.74) is 14.5. The van der Waals surface area contributed by atoms with Crippen molar-refractivity contribution >= 4 is 0 Å². The van der Waals surface area contributed by atoms with E-state index in [4.69, 9.17) is 11.5 Å². The van der Waals surface area contributed by atoms with Crippen molar-refractivity contribution in [1.29, 1.82) is 0 Å². The Hall–Kier alpha value is -0.0800. The molecule has 0 aliphatic heterocycles. The Kier molecular flexibility index (Phi) is 4.69. The molecule has 2 N–H and O–H groups in total. The summed E-state index contributed by atoms with van der Waals surface area (Å²) in [5.74, 6) is 0.604. The van der Waals surface area contributed by atoms with Gasteiger partial charge in [0.05, 0.1) is 0 Å². The molecule has 0 aliphatic carbocycles. The molecule has 2 radical (unpaired) electrons. The first-order valence-electron chi connectivity index (χ1n) is 4.31. The van der Waals surface area contributed by atoms with E-state index < -0.39 is 0 Å². The lowest BCUT2D eigenvalue weighted by molar-refractivity contribution is 0.276. The zero-order chi connectivity index (χ0) is 8.91. The lowest BCUT2D eigenvalue weighted by atomic mass is 9.82. The van der Waals surface area contributed by atoms with E-state index in [1.165, 1.54) is 0 Å². The van der Waals surface area contributed by atoms with Gasteiger partial charge in [0.2, 0.25) is 0 Å². The quantitative estimate of drug-likeness (QED) is 0.584. The topological polar surface area (TPSA) is 47.6 Å². The van der Waals surface area contributed by atoms with Gasteiger partial charge < -0.3 is 0 Å². The van der Waals surface area contributed by atoms with Crippen molar-refractivity contribution in [2.75, 3.05) is 13.1 Å². The van der Waals surface area contributed by atoms with Gasteiger partial charge in [-0.15, -0.1) is 0 Å². The van der Waals surface area contributed by atoms with Crippen LogP contribution in [-0.2, 0) is 0 Å². The summed E-state index contributed by atoms with van der Waals surface area (Å²) in [7, 11) is 0. The van der Waals surface area contributed by atoms with Crippen LogP contribution in [0.15, 0.2) is 0 Å². The molecule has 1 unspecified atom stereocenters. The number of hydrogen-bond acceptors (Lipinski definition) is 0. The SMILES string of the molecule is CC(CC[NH])CC(C)(C)C[NH]. The molecule has 11 heavy (non-hydrogen) atoms. The van der Waals surface area contributed by atoms with Gasteiger partial charge in [-0.3, -0.25) is 11.5 Å². The summed E-state index contributed by atoms with van der Waals surface area (Å²) in [6.07, 6.45) is 2.05. The minimum atomic E-state index is 0.147. The normalized spacial score (nSPS) is 15.0. The third kappa shape index (κ3) is 5.22. The van der Waals surface area contributed by atoms with Crippen molar-refractivity contribution < 1.29 is 0 Å². The van der Waals surface area contributed by atoms with Gasteiger partial charge in [-0.25, -0.2) is 0 Å². The van der Waals surface area contributed by atoms with Gasteiger partial charge in [0.1, 0.15) is 0 Å². The minimum Gasteiger partial charge on any atom is -0.258 e. The van der Waals surface area contributed by atoms with Gasteiger partial charge >= 0.3 is 0 Å². The van der Waals surface area contributed by atoms with E-state index in [-0.39, 0.29) is 5.41 Å². The number of hydrogen-bond donors (Lipinski definition) is 0. The average molecular weight is 156 g/mol. The monoisotopic (exact) mass is 156 g/mol. The first-order chi connectivity index (χ1) is 5.02. The summed E-state index contributed by atoms with van der Waals surface area (Å²) in [6.45, 7) is 7.44. The summed E-state index contributed by atoms with van der Waals surface area (Å²) in [4.78, 5) is 0. The maximum absolute atomic E-state index is 7.28. The maximum atomic E-state index is 7.28. The lowest BCUT2D eigenvalue weighted by Crippen LogP contribution is -2.21. The zero-order valence-electron chi connectivity index (χ0n) is 7.91. The van der Waals surface area contributed by atoms with Gasteiger partial charge in [-0.05, 0) is 24.2 Å². The van der Waals surface area contributed by atoms with Crippen LogP contribution >= 0.6 is 0 Å². The van der Waals surface area contributed by atoms with Crippen molar-refractivity contribution in [3.8, 4) is 0 Å². The van der Waals surface area contributed by atoms with Crippen molar-refractivity contribution in [2.24, 2.45) is 11.3 Å². The Morgan fingerprint density at radius 3 is 2.18 bits per heavy atom. The van der Waals surface area contributed by atoms with Gasteiger partial charge in [-0.1, -0.05) is 20.8 Å². The van der Waals surface area contributed by atoms with Crippen LogP contribution in [0.25, 0.3) is 0 Å². The van der Waals surface area contributed by atoms with E-state index in [9.17, 15) is 0 Å². The van der Waals surface area contributed by atoms with Crippen molar-refractivity contribution in [2.45, 2.75) is 33.6 Å². The van der Waals surface area contributed by atoms with Crippen LogP contribution < -0.4 is 11.5 Å². The van der Waals surface area contributed by atoms with Crippen molar-refractivity contribution in [3.05, 3.63) is 0 Å². The highest BCUT2D eigenvalue weighted by Crippen LogP contribution is 2.25. The van der Waals surface area contributed by atoms with Crippen LogP contribution in [0.4, 0.5) is 0 Å². The van der Waals surface area contributed by atoms with Gasteiger partial charge in [-0.2, -0.15) is 0 Å². The molecule has 1 atom stereocenters. The fourth-order valence-electron chi connectivity index (χ4n) is 1.36. The van der Waals surface area contributed by atoms with Crippen LogP contribution in [0.2, 0.25) is 0 Å². The third-order valence-electron chi connectivity index (χ3n) is 2.02. The van der Waals surface area contributed by atoms with Crippen molar-refractivity contribution in [1.82, 2.24) is 11.5 Å². The molecule has 2 nitrogen and oxygen atoms in total. The van der Waals surface area contributed by atoms with Crippen LogP contribution in [0, 0.1) is 11.3 Å². The Bertz CT molecular complexity index is 99.7. The van der Waals surface area contributed by atoms with Crippen LogP contribution in [-0.4, -0.2) is 13.1 Å². The first-order valence-corrected chi connectivity index (χ1v) is 4.31. The van der Waals surface area contributed by atoms with Gasteiger partial charge in [0, 0.05) is 13.1 Å². The molecule has 0 spiro atoms. The van der Waals surface area contributed by atoms with E-state index in [1.54, 1.807) is 0 Å². The third-order valence-corrected chi connectivity index (χ3v) is 2.02. The van der Waals surface area contributed by atoms with E-state index in [0.717, 1.165) is 12.8 Å². The van der Waals surface area contributed by atoms with E-state index in [0.29, 0.717) is 19.0 Å². The molecule has 0 aromatic heterocycles. The van der Waals surface area contributed by atoms with Gasteiger partial charge in [0.15, 0.2) is 0 Å². The molecule has 0 bridgehead atoms. The second kappa shape index (κ2) is 4.73. The molecule has 0 aromatic carbocycles. The highest BCUT2D eigenvalue weighted by Gasteiger charge is 2.18. The zero-order valence-corrected chi connectivity index (χ0v) is 7.91. The summed E-state index contributed by atoms with van der Waals surface area (Å²) in [5, 5.41) is 0. The predicted octanol–water partition coefficient (Wildman–Crippen LogP) is 1.99. The molecule has 0 heterocycles. The maximum Gasteiger partial charge on any atom is 0.0151 e. The summed E-state index contributed by atoms with van der Waals surface area (Å²) >= 11 is 0. The molecular formula is C9H20N2. The van der Waals surface area contributed by atoms with E-state index in [1.807, 2.05) is 0 Å². The molecule has 2 heteroatoms. The van der Waals surface area contributed by atoms with Crippen LogP contribution in [0.3, 0.4) is 0 Å². The van der Waals surface area contributed by atoms with Gasteiger partial charge in [0.25, 0.3) is 0 Å². The smallest absolute Gasteiger partial charge is 0.0151 e. The first kappa shape index (κ1) is 10.9. The summed E-state index contributed by atoms with van der Waals surface area (Å²) < 4.78 is 0. The summed E-state index contributed by atoms with van der Waals surface area (Å²) in [6, 6.07) is 0. The lowest BCUT2D eigenvalue weighted by Gasteiger charge is -2.25. The molecule has 0 amide bonds. The van der Waals surface area contributed by atoms with Crippen molar-refractivity contribution in [3.63, 3.8) is 0 Å². The second-order valence-electron chi connectivity index (χ2n) is 4.19. The average Bonchev–Trinajstić information content (AvgIpc) is 1.87. The largest absolute Gasteiger partial charge is 0.258 e. The Labute approximate surface area is 70.3 Å². The molecule has 0 fully saturated rings. The second-order valence-corrected chi connectivity index (χ2v) is 4.19. The Balaban J connectivity index is 3.64. The highest BCUT2D eigenvalue weighted by molar-refractivity contribution is 4.72. The molecule has 0 saturated heterocycles. The fraction of sp³-hybridized carbons (Fsp3) is 1.00. The minimum absolute atomic E-state index is 0.147. The molecule has 66 valence electrons. The predicted molar refractivity (Wildman–Crippen MR) is 48.1 cm³/mol. The van der Waals surface area contributed by atoms with Crippen LogP contribution in [0.5, 0.6) is 0 Å². The number of rotatable bonds is 5. The van der Waals surface area contributed by atoms with E-state index >= 15 is 0 Å². The molecule has 0 aliphatic rings. The molecule has 0 saturated carbocycles. The highest BCUT2D eigenvalue weighted by atomic mass is 14.6. The molecular weight excluding hydrogens is 136 g/mol. The number of nitrogens with one attached hydrogen (secondary N) is 2. The molecule has 0 rings (SSSR count). The Morgan fingerprint density at radius 2 is 1.82 bits per heavy atom. The standard InChI is InChI=1S/C9H20N2/c1-8(4-5-10)6-9(2,3)7-11/h8,10-11H,4-7H2,1-3H3. The Morgan fingerprint density at radius 1 is 1.27 bits per heavy atom. The fourth-order valence-corrected chi connectivity index (χ4v) is 1.36. The van der Waals surface area contributed by atoms with Crippen LogP contribution in [0.1, 0.15) is 33.6 Å². The van der Waals surface area contributed by atoms with E-state index in [2.05, 4.69) is 20.8 Å². The molecule has 0 aromatic rings.